The highest BCUT2D eigenvalue weighted by Gasteiger charge is 2.32. The molecule has 0 radical (unpaired) electrons. The number of benzene rings is 1. The Kier molecular flexibility index (Phi) is 8.25. The Labute approximate surface area is 122 Å². The molecule has 0 aliphatic heterocycles. The molecular weight excluding hydrogens is 293 g/mol. The Bertz CT molecular complexity index is 424. The molecule has 0 spiro atoms. The molecule has 1 aromatic carbocycles. The quantitative estimate of drug-likeness (QED) is 0.847. The van der Waals surface area contributed by atoms with Crippen molar-refractivity contribution in [3.8, 4) is 0 Å². The van der Waals surface area contributed by atoms with Crippen molar-refractivity contribution < 1.29 is 18.0 Å². The van der Waals surface area contributed by atoms with Crippen LogP contribution in [0.5, 0.6) is 0 Å². The van der Waals surface area contributed by atoms with Gasteiger partial charge in [0.2, 0.25) is 5.91 Å². The van der Waals surface area contributed by atoms with Crippen molar-refractivity contribution in [3.05, 3.63) is 35.4 Å². The van der Waals surface area contributed by atoms with Gasteiger partial charge in [0.25, 0.3) is 0 Å². The lowest BCUT2D eigenvalue weighted by atomic mass is 10.0. The zero-order chi connectivity index (χ0) is 14.3. The number of nitrogens with one attached hydrogen (secondary N) is 2. The van der Waals surface area contributed by atoms with Gasteiger partial charge in [-0.2, -0.15) is 13.2 Å². The topological polar surface area (TPSA) is 41.1 Å². The Balaban J connectivity index is 0.00000361. The molecule has 7 heteroatoms. The zero-order valence-electron chi connectivity index (χ0n) is 11.1. The van der Waals surface area contributed by atoms with Crippen LogP contribution in [0.4, 0.5) is 13.2 Å². The third-order valence-corrected chi connectivity index (χ3v) is 2.64. The van der Waals surface area contributed by atoms with Crippen molar-refractivity contribution in [2.24, 2.45) is 0 Å². The van der Waals surface area contributed by atoms with Crippen LogP contribution < -0.4 is 10.6 Å². The first-order chi connectivity index (χ1) is 8.95. The number of amides is 1. The van der Waals surface area contributed by atoms with Crippen LogP contribution in [-0.2, 0) is 17.4 Å². The van der Waals surface area contributed by atoms with Crippen LogP contribution in [0.3, 0.4) is 0 Å². The molecule has 114 valence electrons. The summed E-state index contributed by atoms with van der Waals surface area (Å²) in [5, 5.41) is 5.42. The van der Waals surface area contributed by atoms with E-state index in [2.05, 4.69) is 10.6 Å². The monoisotopic (exact) mass is 310 g/mol. The van der Waals surface area contributed by atoms with Crippen molar-refractivity contribution in [3.63, 3.8) is 0 Å². The molecule has 0 aliphatic rings. The molecule has 1 aromatic rings. The maximum absolute atomic E-state index is 12.7. The second kappa shape index (κ2) is 8.81. The minimum Gasteiger partial charge on any atom is -0.356 e. The lowest BCUT2D eigenvalue weighted by molar-refractivity contribution is -0.138. The Morgan fingerprint density at radius 2 is 1.85 bits per heavy atom. The summed E-state index contributed by atoms with van der Waals surface area (Å²) in [6.07, 6.45) is -3.87. The van der Waals surface area contributed by atoms with Gasteiger partial charge in [0, 0.05) is 19.5 Å². The summed E-state index contributed by atoms with van der Waals surface area (Å²) in [5.41, 5.74) is -0.441. The molecule has 0 saturated carbocycles. The number of halogens is 4. The van der Waals surface area contributed by atoms with E-state index in [1.54, 1.807) is 13.1 Å². The summed E-state index contributed by atoms with van der Waals surface area (Å²) >= 11 is 0. The minimum absolute atomic E-state index is 0. The molecule has 2 N–H and O–H groups in total. The van der Waals surface area contributed by atoms with Crippen LogP contribution in [0.1, 0.15) is 17.5 Å². The normalized spacial score (nSPS) is 10.8. The molecule has 0 atom stereocenters. The van der Waals surface area contributed by atoms with E-state index in [9.17, 15) is 18.0 Å². The molecule has 20 heavy (non-hydrogen) atoms. The first-order valence-corrected chi connectivity index (χ1v) is 6.01. The maximum atomic E-state index is 12.7. The summed E-state index contributed by atoms with van der Waals surface area (Å²) in [5.74, 6) is -0.168. The second-order valence-corrected chi connectivity index (χ2v) is 4.11. The van der Waals surface area contributed by atoms with Crippen LogP contribution in [0, 0.1) is 0 Å². The molecule has 0 bridgehead atoms. The number of alkyl halides is 3. The first-order valence-electron chi connectivity index (χ1n) is 6.01. The van der Waals surface area contributed by atoms with Gasteiger partial charge >= 0.3 is 6.18 Å². The van der Waals surface area contributed by atoms with Gasteiger partial charge in [-0.1, -0.05) is 18.2 Å². The Morgan fingerprint density at radius 3 is 2.45 bits per heavy atom. The van der Waals surface area contributed by atoms with Crippen LogP contribution in [0.25, 0.3) is 0 Å². The number of rotatable bonds is 6. The number of hydrogen-bond donors (Lipinski definition) is 2. The van der Waals surface area contributed by atoms with Crippen LogP contribution in [0.2, 0.25) is 0 Å². The predicted octanol–water partition coefficient (Wildman–Crippen LogP) is 2.40. The predicted molar refractivity (Wildman–Crippen MR) is 73.9 cm³/mol. The Morgan fingerprint density at radius 1 is 1.20 bits per heavy atom. The highest BCUT2D eigenvalue weighted by molar-refractivity contribution is 5.85. The van der Waals surface area contributed by atoms with Gasteiger partial charge in [-0.05, 0) is 25.1 Å². The molecular formula is C13H18ClF3N2O. The fraction of sp³-hybridized carbons (Fsp3) is 0.462. The average molecular weight is 311 g/mol. The fourth-order valence-corrected chi connectivity index (χ4v) is 1.68. The van der Waals surface area contributed by atoms with Gasteiger partial charge in [-0.15, -0.1) is 12.4 Å². The number of carbonyl (C=O) groups is 1. The lowest BCUT2D eigenvalue weighted by Gasteiger charge is -2.12. The SMILES string of the molecule is CNCCC(=O)NCCc1ccccc1C(F)(F)F.Cl. The van der Waals surface area contributed by atoms with Gasteiger partial charge in [-0.25, -0.2) is 0 Å². The van der Waals surface area contributed by atoms with Gasteiger partial charge in [0.1, 0.15) is 0 Å². The first kappa shape index (κ1) is 18.7. The van der Waals surface area contributed by atoms with Crippen molar-refractivity contribution in [1.82, 2.24) is 10.6 Å². The third-order valence-electron chi connectivity index (χ3n) is 2.64. The Hall–Kier alpha value is -1.27. The highest BCUT2D eigenvalue weighted by Crippen LogP contribution is 2.31. The van der Waals surface area contributed by atoms with E-state index in [0.717, 1.165) is 6.07 Å². The zero-order valence-corrected chi connectivity index (χ0v) is 11.9. The molecule has 0 saturated heterocycles. The molecule has 0 aromatic heterocycles. The highest BCUT2D eigenvalue weighted by atomic mass is 35.5. The largest absolute Gasteiger partial charge is 0.416 e. The van der Waals surface area contributed by atoms with Crippen LogP contribution in [-0.4, -0.2) is 26.0 Å². The van der Waals surface area contributed by atoms with Crippen LogP contribution >= 0.6 is 12.4 Å². The van der Waals surface area contributed by atoms with E-state index in [0.29, 0.717) is 13.0 Å². The molecule has 0 unspecified atom stereocenters. The van der Waals surface area contributed by atoms with E-state index in [4.69, 9.17) is 0 Å². The van der Waals surface area contributed by atoms with Crippen molar-refractivity contribution in [1.29, 1.82) is 0 Å². The minimum atomic E-state index is -4.35. The number of carbonyl (C=O) groups excluding carboxylic acids is 1. The average Bonchev–Trinajstić information content (AvgIpc) is 2.35. The van der Waals surface area contributed by atoms with E-state index >= 15 is 0 Å². The molecule has 0 fully saturated rings. The van der Waals surface area contributed by atoms with E-state index in [1.165, 1.54) is 12.1 Å². The van der Waals surface area contributed by atoms with Crippen molar-refractivity contribution in [2.45, 2.75) is 19.0 Å². The molecule has 0 heterocycles. The van der Waals surface area contributed by atoms with Gasteiger partial charge in [-0.3, -0.25) is 4.79 Å². The smallest absolute Gasteiger partial charge is 0.356 e. The fourth-order valence-electron chi connectivity index (χ4n) is 1.68. The third kappa shape index (κ3) is 6.25. The summed E-state index contributed by atoms with van der Waals surface area (Å²) in [7, 11) is 1.73. The van der Waals surface area contributed by atoms with E-state index in [-0.39, 0.29) is 36.8 Å². The summed E-state index contributed by atoms with van der Waals surface area (Å²) in [4.78, 5) is 11.3. The summed E-state index contributed by atoms with van der Waals surface area (Å²) in [6, 6.07) is 5.41. The summed E-state index contributed by atoms with van der Waals surface area (Å²) in [6.45, 7) is 0.751. The van der Waals surface area contributed by atoms with Crippen molar-refractivity contribution >= 4 is 18.3 Å². The summed E-state index contributed by atoms with van der Waals surface area (Å²) < 4.78 is 38.1. The second-order valence-electron chi connectivity index (χ2n) is 4.11. The lowest BCUT2D eigenvalue weighted by Crippen LogP contribution is -2.28. The molecule has 0 aliphatic carbocycles. The molecule has 1 amide bonds. The van der Waals surface area contributed by atoms with E-state index < -0.39 is 11.7 Å². The number of hydrogen-bond acceptors (Lipinski definition) is 2. The van der Waals surface area contributed by atoms with Crippen molar-refractivity contribution in [2.75, 3.05) is 20.1 Å². The maximum Gasteiger partial charge on any atom is 0.416 e. The van der Waals surface area contributed by atoms with Gasteiger partial charge in [0.05, 0.1) is 5.56 Å². The van der Waals surface area contributed by atoms with Gasteiger partial charge < -0.3 is 10.6 Å². The molecule has 3 nitrogen and oxygen atoms in total. The molecule has 1 rings (SSSR count). The standard InChI is InChI=1S/C13H17F3N2O.ClH/c1-17-8-7-12(19)18-9-6-10-4-2-3-5-11(10)13(14,15)16;/h2-5,17H,6-9H2,1H3,(H,18,19);1H. The van der Waals surface area contributed by atoms with Crippen LogP contribution in [0.15, 0.2) is 24.3 Å². The van der Waals surface area contributed by atoms with E-state index in [1.807, 2.05) is 0 Å². The van der Waals surface area contributed by atoms with Gasteiger partial charge in [0.15, 0.2) is 0 Å².